The third kappa shape index (κ3) is 2.74. The number of nitrogens with one attached hydrogen (secondary N) is 1. The first-order valence-corrected chi connectivity index (χ1v) is 5.63. The van der Waals surface area contributed by atoms with Gasteiger partial charge in [-0.15, -0.1) is 0 Å². The van der Waals surface area contributed by atoms with Gasteiger partial charge in [0.1, 0.15) is 5.75 Å². The number of hydrogen-bond donors (Lipinski definition) is 3. The van der Waals surface area contributed by atoms with Gasteiger partial charge >= 0.3 is 0 Å². The first kappa shape index (κ1) is 13.0. The number of aromatic hydroxyl groups is 1. The van der Waals surface area contributed by atoms with Gasteiger partial charge in [0.2, 0.25) is 0 Å². The zero-order chi connectivity index (χ0) is 12.3. The Labute approximate surface area is 97.1 Å². The fraction of sp³-hybridized carbons (Fsp3) is 0.538. The van der Waals surface area contributed by atoms with Crippen LogP contribution in [0.2, 0.25) is 0 Å². The Hall–Kier alpha value is -1.06. The molecule has 0 spiro atoms. The van der Waals surface area contributed by atoms with Crippen LogP contribution in [0.3, 0.4) is 0 Å². The van der Waals surface area contributed by atoms with Gasteiger partial charge in [-0.25, -0.2) is 0 Å². The van der Waals surface area contributed by atoms with Gasteiger partial charge in [-0.2, -0.15) is 0 Å². The fourth-order valence-electron chi connectivity index (χ4n) is 1.92. The molecule has 3 nitrogen and oxygen atoms in total. The number of rotatable bonds is 4. The van der Waals surface area contributed by atoms with E-state index in [4.69, 9.17) is 0 Å². The van der Waals surface area contributed by atoms with Crippen LogP contribution in [-0.4, -0.2) is 23.8 Å². The van der Waals surface area contributed by atoms with Crippen LogP contribution in [0.4, 0.5) is 0 Å². The first-order chi connectivity index (χ1) is 7.47. The molecule has 0 heterocycles. The summed E-state index contributed by atoms with van der Waals surface area (Å²) in [6.45, 7) is 6.62. The lowest BCUT2D eigenvalue weighted by Gasteiger charge is -2.17. The van der Waals surface area contributed by atoms with Crippen molar-refractivity contribution in [3.05, 3.63) is 28.8 Å². The predicted octanol–water partition coefficient (Wildman–Crippen LogP) is 2.08. The maximum Gasteiger partial charge on any atom is 0.121 e. The number of likely N-dealkylation sites (N-methyl/N-ethyl adjacent to an activating group) is 1. The summed E-state index contributed by atoms with van der Waals surface area (Å²) in [5, 5.41) is 22.6. The van der Waals surface area contributed by atoms with Crippen LogP contribution in [0, 0.1) is 6.92 Å². The molecular weight excluding hydrogens is 202 g/mol. The Bertz CT molecular complexity index is 361. The minimum absolute atomic E-state index is 0.171. The average molecular weight is 223 g/mol. The zero-order valence-corrected chi connectivity index (χ0v) is 10.4. The van der Waals surface area contributed by atoms with E-state index in [0.29, 0.717) is 18.0 Å². The summed E-state index contributed by atoms with van der Waals surface area (Å²) >= 11 is 0. The lowest BCUT2D eigenvalue weighted by molar-refractivity contribution is 0.174. The molecule has 1 aromatic carbocycles. The molecule has 0 fully saturated rings. The van der Waals surface area contributed by atoms with Crippen LogP contribution in [0.5, 0.6) is 5.75 Å². The highest BCUT2D eigenvalue weighted by Gasteiger charge is 2.15. The second kappa shape index (κ2) is 5.32. The molecule has 1 unspecified atom stereocenters. The summed E-state index contributed by atoms with van der Waals surface area (Å²) < 4.78 is 0. The van der Waals surface area contributed by atoms with Gasteiger partial charge in [0.25, 0.3) is 0 Å². The van der Waals surface area contributed by atoms with E-state index >= 15 is 0 Å². The van der Waals surface area contributed by atoms with Crippen molar-refractivity contribution in [3.63, 3.8) is 0 Å². The highest BCUT2D eigenvalue weighted by Crippen LogP contribution is 2.30. The van der Waals surface area contributed by atoms with Crippen molar-refractivity contribution in [2.45, 2.75) is 32.8 Å². The van der Waals surface area contributed by atoms with E-state index in [0.717, 1.165) is 5.56 Å². The SMILES string of the molecule is CNCC(O)c1cc(C(C)C)c(C)cc1O. The van der Waals surface area contributed by atoms with E-state index in [9.17, 15) is 10.2 Å². The smallest absolute Gasteiger partial charge is 0.121 e. The van der Waals surface area contributed by atoms with Crippen LogP contribution in [0.15, 0.2) is 12.1 Å². The van der Waals surface area contributed by atoms with E-state index in [1.807, 2.05) is 13.0 Å². The van der Waals surface area contributed by atoms with Gasteiger partial charge in [0.15, 0.2) is 0 Å². The van der Waals surface area contributed by atoms with Crippen LogP contribution < -0.4 is 5.32 Å². The Morgan fingerprint density at radius 2 is 1.88 bits per heavy atom. The molecule has 0 bridgehead atoms. The lowest BCUT2D eigenvalue weighted by atomic mass is 9.93. The molecule has 1 atom stereocenters. The number of aryl methyl sites for hydroxylation is 1. The fourth-order valence-corrected chi connectivity index (χ4v) is 1.92. The number of hydrogen-bond acceptors (Lipinski definition) is 3. The molecule has 0 saturated carbocycles. The average Bonchev–Trinajstić information content (AvgIpc) is 2.17. The summed E-state index contributed by atoms with van der Waals surface area (Å²) in [7, 11) is 1.78. The van der Waals surface area contributed by atoms with Gasteiger partial charge in [0, 0.05) is 12.1 Å². The van der Waals surface area contributed by atoms with Crippen molar-refractivity contribution in [1.82, 2.24) is 5.32 Å². The first-order valence-electron chi connectivity index (χ1n) is 5.63. The van der Waals surface area contributed by atoms with Crippen LogP contribution >= 0.6 is 0 Å². The largest absolute Gasteiger partial charge is 0.508 e. The molecule has 3 N–H and O–H groups in total. The molecule has 90 valence electrons. The summed E-state index contributed by atoms with van der Waals surface area (Å²) in [4.78, 5) is 0. The highest BCUT2D eigenvalue weighted by atomic mass is 16.3. The molecule has 3 heteroatoms. The summed E-state index contributed by atoms with van der Waals surface area (Å²) in [5.74, 6) is 0.561. The maximum absolute atomic E-state index is 9.88. The van der Waals surface area contributed by atoms with Crippen molar-refractivity contribution in [1.29, 1.82) is 0 Å². The second-order valence-corrected chi connectivity index (χ2v) is 4.50. The number of phenolic OH excluding ortho intramolecular Hbond substituents is 1. The molecule has 0 aromatic heterocycles. The molecule has 0 aliphatic carbocycles. The normalized spacial score (nSPS) is 13.1. The molecule has 0 aliphatic heterocycles. The number of phenols is 1. The van der Waals surface area contributed by atoms with Crippen molar-refractivity contribution < 1.29 is 10.2 Å². The number of aliphatic hydroxyl groups excluding tert-OH is 1. The molecular formula is C13H21NO2. The van der Waals surface area contributed by atoms with Gasteiger partial charge < -0.3 is 15.5 Å². The monoisotopic (exact) mass is 223 g/mol. The molecule has 0 radical (unpaired) electrons. The van der Waals surface area contributed by atoms with E-state index < -0.39 is 6.10 Å². The number of aliphatic hydroxyl groups is 1. The van der Waals surface area contributed by atoms with Gasteiger partial charge in [-0.05, 0) is 43.1 Å². The van der Waals surface area contributed by atoms with Gasteiger partial charge in [0.05, 0.1) is 6.10 Å². The van der Waals surface area contributed by atoms with Crippen molar-refractivity contribution >= 4 is 0 Å². The standard InChI is InChI=1S/C13H21NO2/c1-8(2)10-6-11(13(16)7-14-4)12(15)5-9(10)3/h5-6,8,13-16H,7H2,1-4H3. The van der Waals surface area contributed by atoms with E-state index in [2.05, 4.69) is 19.2 Å². The van der Waals surface area contributed by atoms with Gasteiger partial charge in [-0.3, -0.25) is 0 Å². The highest BCUT2D eigenvalue weighted by molar-refractivity contribution is 5.43. The molecule has 16 heavy (non-hydrogen) atoms. The summed E-state index contributed by atoms with van der Waals surface area (Å²) in [6.07, 6.45) is -0.664. The maximum atomic E-state index is 9.88. The van der Waals surface area contributed by atoms with Crippen LogP contribution in [-0.2, 0) is 0 Å². The second-order valence-electron chi connectivity index (χ2n) is 4.50. The summed E-state index contributed by atoms with van der Waals surface area (Å²) in [5.41, 5.74) is 2.83. The molecule has 0 amide bonds. The van der Waals surface area contributed by atoms with E-state index in [1.54, 1.807) is 13.1 Å². The minimum atomic E-state index is -0.664. The van der Waals surface area contributed by atoms with Crippen molar-refractivity contribution in [2.24, 2.45) is 0 Å². The molecule has 0 saturated heterocycles. The third-order valence-corrected chi connectivity index (χ3v) is 2.79. The Morgan fingerprint density at radius 3 is 2.38 bits per heavy atom. The van der Waals surface area contributed by atoms with E-state index in [1.165, 1.54) is 5.56 Å². The summed E-state index contributed by atoms with van der Waals surface area (Å²) in [6, 6.07) is 3.63. The predicted molar refractivity (Wildman–Crippen MR) is 65.8 cm³/mol. The Morgan fingerprint density at radius 1 is 1.25 bits per heavy atom. The molecule has 1 rings (SSSR count). The number of benzene rings is 1. The minimum Gasteiger partial charge on any atom is -0.508 e. The Kier molecular flexibility index (Phi) is 4.33. The zero-order valence-electron chi connectivity index (χ0n) is 10.4. The van der Waals surface area contributed by atoms with Crippen molar-refractivity contribution in [2.75, 3.05) is 13.6 Å². The van der Waals surface area contributed by atoms with Crippen LogP contribution in [0.1, 0.15) is 42.6 Å². The van der Waals surface area contributed by atoms with Crippen molar-refractivity contribution in [3.8, 4) is 5.75 Å². The third-order valence-electron chi connectivity index (χ3n) is 2.79. The topological polar surface area (TPSA) is 52.5 Å². The Balaban J connectivity index is 3.14. The van der Waals surface area contributed by atoms with E-state index in [-0.39, 0.29) is 5.75 Å². The lowest BCUT2D eigenvalue weighted by Crippen LogP contribution is -2.17. The van der Waals surface area contributed by atoms with Crippen LogP contribution in [0.25, 0.3) is 0 Å². The molecule has 0 aliphatic rings. The molecule has 1 aromatic rings. The quantitative estimate of drug-likeness (QED) is 0.732. The van der Waals surface area contributed by atoms with Gasteiger partial charge in [-0.1, -0.05) is 13.8 Å².